The van der Waals surface area contributed by atoms with Crippen molar-refractivity contribution in [2.75, 3.05) is 6.54 Å². The Hall–Kier alpha value is -1.84. The van der Waals surface area contributed by atoms with Gasteiger partial charge in [-0.3, -0.25) is 4.79 Å². The van der Waals surface area contributed by atoms with E-state index < -0.39 is 6.10 Å². The van der Waals surface area contributed by atoms with Crippen LogP contribution in [0.15, 0.2) is 35.5 Å². The summed E-state index contributed by atoms with van der Waals surface area (Å²) in [4.78, 5) is 17.0. The van der Waals surface area contributed by atoms with Crippen molar-refractivity contribution < 1.29 is 9.63 Å². The van der Waals surface area contributed by atoms with Crippen LogP contribution >= 0.6 is 0 Å². The van der Waals surface area contributed by atoms with Crippen LogP contribution in [0.3, 0.4) is 0 Å². The third-order valence-corrected chi connectivity index (χ3v) is 2.75. The van der Waals surface area contributed by atoms with Crippen LogP contribution in [0, 0.1) is 5.92 Å². The van der Waals surface area contributed by atoms with Crippen molar-refractivity contribution in [2.24, 2.45) is 11.1 Å². The lowest BCUT2D eigenvalue weighted by molar-refractivity contribution is -0.131. The molecule has 0 saturated carbocycles. The standard InChI is InChI=1S/C14H18N2O2/c1-10(2)9-15-14(17)13-8-12(16-18-13)11-6-4-3-5-7-11/h3-7,10,13H,8-9H2,1-2H3,(H,15,17)/t13-/m1/s1. The van der Waals surface area contributed by atoms with Gasteiger partial charge in [0.1, 0.15) is 0 Å². The molecule has 1 aliphatic heterocycles. The molecule has 18 heavy (non-hydrogen) atoms. The number of carbonyl (C=O) groups excluding carboxylic acids is 1. The Morgan fingerprint density at radius 1 is 1.44 bits per heavy atom. The first-order chi connectivity index (χ1) is 8.66. The van der Waals surface area contributed by atoms with E-state index in [-0.39, 0.29) is 5.91 Å². The molecule has 0 fully saturated rings. The van der Waals surface area contributed by atoms with Gasteiger partial charge in [0.2, 0.25) is 6.10 Å². The first kappa shape index (κ1) is 12.6. The van der Waals surface area contributed by atoms with Crippen LogP contribution in [0.5, 0.6) is 0 Å². The van der Waals surface area contributed by atoms with Crippen LogP contribution in [0.1, 0.15) is 25.8 Å². The predicted molar refractivity (Wildman–Crippen MR) is 70.3 cm³/mol. The molecule has 1 amide bonds. The summed E-state index contributed by atoms with van der Waals surface area (Å²) in [5, 5.41) is 6.85. The van der Waals surface area contributed by atoms with Crippen molar-refractivity contribution >= 4 is 11.6 Å². The molecule has 1 aromatic rings. The molecular weight excluding hydrogens is 228 g/mol. The molecule has 4 heteroatoms. The molecule has 0 radical (unpaired) electrons. The molecule has 4 nitrogen and oxygen atoms in total. The van der Waals surface area contributed by atoms with E-state index in [2.05, 4.69) is 24.3 Å². The van der Waals surface area contributed by atoms with Gasteiger partial charge in [-0.25, -0.2) is 0 Å². The molecule has 0 aliphatic carbocycles. The Bertz CT molecular complexity index is 440. The molecule has 0 unspecified atom stereocenters. The van der Waals surface area contributed by atoms with E-state index >= 15 is 0 Å². The van der Waals surface area contributed by atoms with Gasteiger partial charge in [0.15, 0.2) is 0 Å². The zero-order chi connectivity index (χ0) is 13.0. The average Bonchev–Trinajstić information content (AvgIpc) is 2.86. The second kappa shape index (κ2) is 5.67. The van der Waals surface area contributed by atoms with Crippen molar-refractivity contribution in [1.82, 2.24) is 5.32 Å². The number of hydrogen-bond donors (Lipinski definition) is 1. The van der Waals surface area contributed by atoms with Crippen LogP contribution in [0.25, 0.3) is 0 Å². The van der Waals surface area contributed by atoms with Crippen molar-refractivity contribution in [3.05, 3.63) is 35.9 Å². The van der Waals surface area contributed by atoms with Crippen LogP contribution in [0.4, 0.5) is 0 Å². The minimum absolute atomic E-state index is 0.0848. The number of carbonyl (C=O) groups is 1. The van der Waals surface area contributed by atoms with Gasteiger partial charge >= 0.3 is 0 Å². The van der Waals surface area contributed by atoms with Crippen molar-refractivity contribution in [3.63, 3.8) is 0 Å². The van der Waals surface area contributed by atoms with Gasteiger partial charge in [0, 0.05) is 13.0 Å². The van der Waals surface area contributed by atoms with Crippen LogP contribution in [-0.4, -0.2) is 24.3 Å². The highest BCUT2D eigenvalue weighted by Gasteiger charge is 2.28. The van der Waals surface area contributed by atoms with Gasteiger partial charge in [-0.05, 0) is 11.5 Å². The summed E-state index contributed by atoms with van der Waals surface area (Å²) in [7, 11) is 0. The summed E-state index contributed by atoms with van der Waals surface area (Å²) in [6.07, 6.45) is 0.0486. The molecule has 1 heterocycles. The average molecular weight is 246 g/mol. The quantitative estimate of drug-likeness (QED) is 0.882. The third-order valence-electron chi connectivity index (χ3n) is 2.75. The number of rotatable bonds is 4. The maximum absolute atomic E-state index is 11.8. The van der Waals surface area contributed by atoms with E-state index in [0.717, 1.165) is 11.3 Å². The number of amides is 1. The molecule has 1 atom stereocenters. The van der Waals surface area contributed by atoms with Crippen LogP contribution in [0.2, 0.25) is 0 Å². The third kappa shape index (κ3) is 3.09. The van der Waals surface area contributed by atoms with Gasteiger partial charge in [-0.15, -0.1) is 0 Å². The van der Waals surface area contributed by atoms with Crippen molar-refractivity contribution in [1.29, 1.82) is 0 Å². The first-order valence-corrected chi connectivity index (χ1v) is 6.22. The largest absolute Gasteiger partial charge is 0.382 e. The zero-order valence-electron chi connectivity index (χ0n) is 10.7. The minimum Gasteiger partial charge on any atom is -0.382 e. The van der Waals surface area contributed by atoms with Gasteiger partial charge < -0.3 is 10.2 Å². The molecule has 0 spiro atoms. The summed E-state index contributed by atoms with van der Waals surface area (Å²) < 4.78 is 0. The van der Waals surface area contributed by atoms with Gasteiger partial charge in [0.05, 0.1) is 5.71 Å². The second-order valence-corrected chi connectivity index (χ2v) is 4.84. The van der Waals surface area contributed by atoms with Crippen molar-refractivity contribution in [2.45, 2.75) is 26.4 Å². The Balaban J connectivity index is 1.89. The van der Waals surface area contributed by atoms with Gasteiger partial charge in [0.25, 0.3) is 5.91 Å². The highest BCUT2D eigenvalue weighted by Crippen LogP contribution is 2.16. The predicted octanol–water partition coefficient (Wildman–Crippen LogP) is 1.95. The topological polar surface area (TPSA) is 50.7 Å². The highest BCUT2D eigenvalue weighted by molar-refractivity contribution is 6.04. The molecule has 0 aromatic heterocycles. The second-order valence-electron chi connectivity index (χ2n) is 4.84. The Morgan fingerprint density at radius 2 is 2.17 bits per heavy atom. The Labute approximate surface area is 107 Å². The smallest absolute Gasteiger partial charge is 0.264 e. The van der Waals surface area contributed by atoms with E-state index in [1.165, 1.54) is 0 Å². The lowest BCUT2D eigenvalue weighted by atomic mass is 10.0. The summed E-state index contributed by atoms with van der Waals surface area (Å²) in [6, 6.07) is 9.79. The molecular formula is C14H18N2O2. The van der Waals surface area contributed by atoms with E-state index in [1.807, 2.05) is 30.3 Å². The van der Waals surface area contributed by atoms with Crippen LogP contribution in [-0.2, 0) is 9.63 Å². The number of benzene rings is 1. The molecule has 2 rings (SSSR count). The molecule has 0 bridgehead atoms. The summed E-state index contributed by atoms with van der Waals surface area (Å²) >= 11 is 0. The summed E-state index contributed by atoms with van der Waals surface area (Å²) in [5.74, 6) is 0.350. The fourth-order valence-corrected chi connectivity index (χ4v) is 1.74. The summed E-state index contributed by atoms with van der Waals surface area (Å²) in [5.41, 5.74) is 1.84. The van der Waals surface area contributed by atoms with Crippen LogP contribution < -0.4 is 5.32 Å². The van der Waals surface area contributed by atoms with Crippen molar-refractivity contribution in [3.8, 4) is 0 Å². The number of nitrogens with zero attached hydrogens (tertiary/aromatic N) is 1. The maximum atomic E-state index is 11.8. The van der Waals surface area contributed by atoms with E-state index in [9.17, 15) is 4.79 Å². The molecule has 1 N–H and O–H groups in total. The Morgan fingerprint density at radius 3 is 2.83 bits per heavy atom. The Kier molecular flexibility index (Phi) is 3.97. The molecule has 1 aromatic carbocycles. The lowest BCUT2D eigenvalue weighted by Crippen LogP contribution is -2.36. The normalized spacial score (nSPS) is 18.4. The monoisotopic (exact) mass is 246 g/mol. The molecule has 96 valence electrons. The zero-order valence-corrected chi connectivity index (χ0v) is 10.7. The van der Waals surface area contributed by atoms with E-state index in [4.69, 9.17) is 4.84 Å². The molecule has 1 aliphatic rings. The summed E-state index contributed by atoms with van der Waals surface area (Å²) in [6.45, 7) is 4.78. The number of nitrogens with one attached hydrogen (secondary N) is 1. The fourth-order valence-electron chi connectivity index (χ4n) is 1.74. The maximum Gasteiger partial charge on any atom is 0.264 e. The number of hydrogen-bond acceptors (Lipinski definition) is 3. The first-order valence-electron chi connectivity index (χ1n) is 6.22. The SMILES string of the molecule is CC(C)CNC(=O)[C@H]1CC(c2ccccc2)=NO1. The minimum atomic E-state index is -0.487. The van der Waals surface area contributed by atoms with Gasteiger partial charge in [-0.2, -0.15) is 0 Å². The lowest BCUT2D eigenvalue weighted by Gasteiger charge is -2.10. The van der Waals surface area contributed by atoms with E-state index in [0.29, 0.717) is 18.9 Å². The highest BCUT2D eigenvalue weighted by atomic mass is 16.6. The van der Waals surface area contributed by atoms with Gasteiger partial charge in [-0.1, -0.05) is 49.3 Å². The van der Waals surface area contributed by atoms with E-state index in [1.54, 1.807) is 0 Å². The molecule has 0 saturated heterocycles. The number of oxime groups is 1. The fraction of sp³-hybridized carbons (Fsp3) is 0.429.